The molecule has 752 valence electrons. The average molecular weight is 2020 g/mol. The number of para-hydroxylation sites is 2. The zero-order valence-electron chi connectivity index (χ0n) is 89.1. The van der Waals surface area contributed by atoms with E-state index in [0.717, 1.165) is 109 Å². The van der Waals surface area contributed by atoms with E-state index in [4.69, 9.17) is 29.8 Å². The summed E-state index contributed by atoms with van der Waals surface area (Å²) in [5.41, 5.74) is 26.8. The Morgan fingerprint density at radius 1 is 0.556 bits per heavy atom. The Labute approximate surface area is 866 Å². The van der Waals surface area contributed by atoms with Gasteiger partial charge in [0, 0.05) is 191 Å². The van der Waals surface area contributed by atoms with Gasteiger partial charge in [0.05, 0.1) is 76.9 Å². The van der Waals surface area contributed by atoms with Crippen molar-refractivity contribution in [2.24, 2.45) is 17.8 Å². The molecule has 0 N–H and O–H groups in total. The topological polar surface area (TPSA) is 82.9 Å². The summed E-state index contributed by atoms with van der Waals surface area (Å²) in [5, 5.41) is 7.17. The molecule has 7 aliphatic heterocycles. The van der Waals surface area contributed by atoms with Crippen LogP contribution in [0.5, 0.6) is 0 Å². The molecular formula is C119H159Cl2N15O2P2SSi+4. The fourth-order valence-electron chi connectivity index (χ4n) is 25.3. The van der Waals surface area contributed by atoms with E-state index in [1.807, 2.05) is 63.4 Å². The van der Waals surface area contributed by atoms with Gasteiger partial charge in [-0.25, -0.2) is 27.3 Å². The lowest BCUT2D eigenvalue weighted by molar-refractivity contribution is -0.614. The van der Waals surface area contributed by atoms with Crippen molar-refractivity contribution in [1.29, 1.82) is 0 Å². The number of nitrogens with zero attached hydrogens (tertiary/aromatic N) is 15. The molecule has 4 bridgehead atoms. The number of halogens is 2. The van der Waals surface area contributed by atoms with E-state index in [9.17, 15) is 8.77 Å². The predicted octanol–water partition coefficient (Wildman–Crippen LogP) is 25.3. The first kappa shape index (κ1) is 105. The largest absolute Gasteiger partial charge is 0.377 e. The number of anilines is 8. The third-order valence-electron chi connectivity index (χ3n) is 32.9. The maximum absolute atomic E-state index is 12.8. The Morgan fingerprint density at radius 2 is 1.06 bits per heavy atom. The first-order chi connectivity index (χ1) is 67.7. The van der Waals surface area contributed by atoms with Crippen molar-refractivity contribution < 1.29 is 26.8 Å². The van der Waals surface area contributed by atoms with Gasteiger partial charge in [-0.1, -0.05) is 181 Å². The number of fused-ring (bicyclic) bond motifs is 6. The Balaban J connectivity index is 0.000000120. The quantitative estimate of drug-likeness (QED) is 0.0731. The summed E-state index contributed by atoms with van der Waals surface area (Å²) in [5.74, 6) is 2.94. The van der Waals surface area contributed by atoms with Crippen LogP contribution in [0.4, 0.5) is 51.2 Å². The standard InChI is InChI=1S/C26H34N2Si.C19H21N2P.C18H24N3.C18H27N2.C13H16Cl2N2OS.C13H19N2.C12H18N2OP/c1-19-9-10-24-25(11-19)29(2,3)28(23-7-5-4-6-8-23)18-27(24)26-15-20-12-21(16-26)14-22(13-20)17-26;1-15-10-8-9-13-18(15)19-16(2)22(4)21(14-20(19)3)17-11-6-5-7-12-17;1-18(2)16-12-14(19-3)10-11-17(16)20(4)13-21(18)15-8-6-5-7-9-15;1-14-10-11-17-16(12-14)18(2,3)20(13-19(17)4)15-8-6-5-7-9-15;1-16-8-17(10-4-2-3-5-10)19(18)12-7-9(14)6-11(15)13(12)16;1-10(2)15-8-12-7-11(3)5-6-13(12)14(4)9-15;1-5-14-9-13(3)11-7-6-10(2)8-12(11)16(14,4)15/h4-11,20-22H,12-18H2,1-3H3;5-13H,1-2,14H2,3-4H3;10-12H,5-9,13H2,1-2,4H3;10-12H,5-9,13H2,1-4H3;6-7,10H,2-5,8H2,1H3;5-7H,8-9H2,1-4H3;5-8H,9H2,1-4H3/q;;2*+1;;2*+1/b;19-18+;;;;;14-5+. The summed E-state index contributed by atoms with van der Waals surface area (Å²) < 4.78 is 42.4. The fourth-order valence-corrected chi connectivity index (χ4v) is 34.8. The van der Waals surface area contributed by atoms with Crippen molar-refractivity contribution in [3.63, 3.8) is 0 Å². The van der Waals surface area contributed by atoms with E-state index in [1.54, 1.807) is 34.4 Å². The molecule has 8 fully saturated rings. The van der Waals surface area contributed by atoms with Gasteiger partial charge in [-0.2, -0.15) is 8.65 Å². The minimum atomic E-state index is -2.41. The summed E-state index contributed by atoms with van der Waals surface area (Å²) in [7, 11) is 6.86. The highest BCUT2D eigenvalue weighted by atomic mass is 35.5. The Kier molecular flexibility index (Phi) is 32.6. The van der Waals surface area contributed by atoms with Crippen molar-refractivity contribution in [2.45, 2.75) is 252 Å². The zero-order chi connectivity index (χ0) is 101. The van der Waals surface area contributed by atoms with Crippen LogP contribution in [0.3, 0.4) is 0 Å². The molecule has 3 atom stereocenters. The van der Waals surface area contributed by atoms with Gasteiger partial charge in [-0.15, -0.1) is 0 Å². The van der Waals surface area contributed by atoms with E-state index >= 15 is 0 Å². The lowest BCUT2D eigenvalue weighted by Gasteiger charge is -2.64. The summed E-state index contributed by atoms with van der Waals surface area (Å²) in [6.45, 7) is 56.7. The molecular weight excluding hydrogens is 1860 g/mol. The zero-order valence-corrected chi connectivity index (χ0v) is 94.2. The van der Waals surface area contributed by atoms with Gasteiger partial charge in [0.15, 0.2) is 43.0 Å². The number of likely N-dealkylation sites (N-methyl/N-ethyl adjacent to an activating group) is 1. The van der Waals surface area contributed by atoms with E-state index in [0.29, 0.717) is 35.0 Å². The van der Waals surface area contributed by atoms with Crippen LogP contribution in [0.2, 0.25) is 23.1 Å². The maximum Gasteiger partial charge on any atom is 0.346 e. The smallest absolute Gasteiger partial charge is 0.346 e. The predicted molar refractivity (Wildman–Crippen MR) is 611 cm³/mol. The van der Waals surface area contributed by atoms with Crippen molar-refractivity contribution in [1.82, 2.24) is 9.21 Å². The molecule has 9 aromatic carbocycles. The SMILES string of the molecule is C/C=[N+]1\CN(C)c2ccc(C)cc2P1(C)=O.C=C1/C(=c2/ccccc2=C)N(C)CN(c2ccccc2)P1C.CC(C)=[N+]1Cc2cc(C)ccc2N(C)C1.CN1CN(C2CCCC2)S(=O)c2cc(Cl)cc(Cl)c21.Cc1ccc2c(c1)C(C)(C)[N+](=C1CCCCC1)CN2C.Cc1ccc2c(c1)[Si](C)(C)N(c1ccccc1)CN2C12CC3CC(CC(C3)C1)C2.[C-]#[N+]c1ccc2c(c1)C(C)(C)[N+](=C1CCCCC1)CN2C. The second kappa shape index (κ2) is 44.0. The third-order valence-corrected chi connectivity index (χ3v) is 43.1. The highest BCUT2D eigenvalue weighted by Crippen LogP contribution is 2.60. The number of benzene rings is 9. The molecule has 0 amide bonds. The number of aryl methyl sites for hydroxylation is 4. The molecule has 23 rings (SSSR count). The molecule has 142 heavy (non-hydrogen) atoms. The van der Waals surface area contributed by atoms with E-state index in [1.165, 1.54) is 199 Å². The molecule has 1 saturated heterocycles. The van der Waals surface area contributed by atoms with Gasteiger partial charge in [0.25, 0.3) is 0 Å². The molecule has 14 aliphatic rings. The molecule has 7 aliphatic carbocycles. The summed E-state index contributed by atoms with van der Waals surface area (Å²) >= 11 is 12.3. The van der Waals surface area contributed by atoms with Gasteiger partial charge >= 0.3 is 7.29 Å². The second-order valence-electron chi connectivity index (χ2n) is 44.5. The van der Waals surface area contributed by atoms with Crippen LogP contribution in [0.1, 0.15) is 216 Å². The molecule has 17 nitrogen and oxygen atoms in total. The molecule has 7 saturated carbocycles. The molecule has 0 aromatic heterocycles. The Hall–Kier alpha value is -9.60. The van der Waals surface area contributed by atoms with Crippen molar-refractivity contribution in [2.75, 3.05) is 141 Å². The van der Waals surface area contributed by atoms with Gasteiger partial charge in [0.1, 0.15) is 22.9 Å². The van der Waals surface area contributed by atoms with Gasteiger partial charge in [-0.05, 0) is 244 Å². The van der Waals surface area contributed by atoms with E-state index in [2.05, 4.69) is 348 Å². The lowest BCUT2D eigenvalue weighted by atomic mass is 9.52. The number of hydrogen-bond donors (Lipinski definition) is 0. The molecule has 9 aromatic rings. The van der Waals surface area contributed by atoms with Crippen molar-refractivity contribution >= 4 is 155 Å². The third kappa shape index (κ3) is 22.1. The van der Waals surface area contributed by atoms with Gasteiger partial charge in [-0.3, -0.25) is 0 Å². The first-order valence-electron chi connectivity index (χ1n) is 52.2. The summed E-state index contributed by atoms with van der Waals surface area (Å²) in [6.07, 6.45) is 28.6. The summed E-state index contributed by atoms with van der Waals surface area (Å²) in [4.78, 5) is 20.8. The number of rotatable bonds is 4. The molecule has 23 heteroatoms. The Bertz CT molecular complexity index is 6510. The van der Waals surface area contributed by atoms with Crippen LogP contribution >= 0.6 is 38.6 Å². The van der Waals surface area contributed by atoms with Crippen LogP contribution in [-0.2, 0) is 33.2 Å². The lowest BCUT2D eigenvalue weighted by Crippen LogP contribution is -2.72. The van der Waals surface area contributed by atoms with Crippen LogP contribution in [0.25, 0.3) is 17.1 Å². The second-order valence-corrected chi connectivity index (χ2v) is 55.8. The van der Waals surface area contributed by atoms with Gasteiger partial charge < -0.3 is 43.5 Å². The molecule has 0 spiro atoms. The highest BCUT2D eigenvalue weighted by molar-refractivity contribution is 7.83. The molecule has 7 heterocycles. The molecule has 0 radical (unpaired) electrons. The van der Waals surface area contributed by atoms with Crippen LogP contribution in [0.15, 0.2) is 205 Å². The maximum atomic E-state index is 12.8. The summed E-state index contributed by atoms with van der Waals surface area (Å²) in [6, 6.07) is 67.2. The van der Waals surface area contributed by atoms with Crippen LogP contribution in [0, 0.1) is 52.0 Å². The first-order valence-corrected chi connectivity index (χ1v) is 60.8. The van der Waals surface area contributed by atoms with Crippen LogP contribution < -0.4 is 59.6 Å². The van der Waals surface area contributed by atoms with E-state index in [-0.39, 0.29) is 11.1 Å². The van der Waals surface area contributed by atoms with Crippen molar-refractivity contribution in [3.05, 3.63) is 271 Å². The average Bonchev–Trinajstić information content (AvgIpc) is 1.20. The Morgan fingerprint density at radius 3 is 1.62 bits per heavy atom. The van der Waals surface area contributed by atoms with Gasteiger partial charge in [0.2, 0.25) is 26.7 Å². The van der Waals surface area contributed by atoms with Crippen LogP contribution in [-0.4, -0.2) is 177 Å². The molecule has 3 unspecified atom stereocenters. The minimum Gasteiger partial charge on any atom is -0.377 e. The fraction of sp³-hybridized carbons (Fsp3) is 0.471. The monoisotopic (exact) mass is 2020 g/mol. The minimum absolute atomic E-state index is 0.0325. The van der Waals surface area contributed by atoms with E-state index < -0.39 is 34.6 Å². The van der Waals surface area contributed by atoms with Crippen molar-refractivity contribution in [3.8, 4) is 0 Å². The number of hydrogen-bond acceptors (Lipinski definition) is 11. The normalized spacial score (nSPS) is 24.5. The highest BCUT2D eigenvalue weighted by Gasteiger charge is 2.57.